The molecule has 6 heteroatoms. The second-order valence-electron chi connectivity index (χ2n) is 2.81. The number of nitrogens with zero attached hydrogens (tertiary/aromatic N) is 1. The summed E-state index contributed by atoms with van der Waals surface area (Å²) in [6.07, 6.45) is -3.98. The van der Waals surface area contributed by atoms with Gasteiger partial charge in [-0.25, -0.2) is 4.98 Å². The van der Waals surface area contributed by atoms with Crippen molar-refractivity contribution in [3.05, 3.63) is 17.3 Å². The summed E-state index contributed by atoms with van der Waals surface area (Å²) < 4.78 is 40.9. The number of halogens is 3. The first-order chi connectivity index (χ1) is 6.07. The van der Waals surface area contributed by atoms with E-state index in [0.717, 1.165) is 0 Å². The SMILES string of the molecule is FC(F)(F)c1nc2c(o1)CNCC2. The Bertz CT molecular complexity index is 295. The fraction of sp³-hybridized carbons (Fsp3) is 0.571. The molecule has 3 nitrogen and oxygen atoms in total. The summed E-state index contributed by atoms with van der Waals surface area (Å²) in [5, 5.41) is 2.90. The molecule has 13 heavy (non-hydrogen) atoms. The Hall–Kier alpha value is -1.04. The fourth-order valence-corrected chi connectivity index (χ4v) is 1.25. The standard InChI is InChI=1S/C7H7F3N2O/c8-7(9,10)6-12-4-1-2-11-3-5(4)13-6/h11H,1-3H2. The molecule has 0 bridgehead atoms. The van der Waals surface area contributed by atoms with Gasteiger partial charge in [-0.1, -0.05) is 0 Å². The third-order valence-corrected chi connectivity index (χ3v) is 1.84. The van der Waals surface area contributed by atoms with Crippen LogP contribution in [0, 0.1) is 0 Å². The number of oxazole rings is 1. The molecule has 0 radical (unpaired) electrons. The van der Waals surface area contributed by atoms with Crippen LogP contribution in [0.5, 0.6) is 0 Å². The smallest absolute Gasteiger partial charge is 0.436 e. The largest absolute Gasteiger partial charge is 0.468 e. The molecule has 1 aromatic rings. The zero-order chi connectivity index (χ0) is 9.47. The van der Waals surface area contributed by atoms with Gasteiger partial charge in [0.25, 0.3) is 0 Å². The molecule has 0 amide bonds. The number of nitrogens with one attached hydrogen (secondary N) is 1. The van der Waals surface area contributed by atoms with Gasteiger partial charge in [0.1, 0.15) is 5.76 Å². The maximum Gasteiger partial charge on any atom is 0.468 e. The summed E-state index contributed by atoms with van der Waals surface area (Å²) in [6.45, 7) is 0.981. The molecule has 1 N–H and O–H groups in total. The summed E-state index contributed by atoms with van der Waals surface area (Å²) in [7, 11) is 0. The minimum absolute atomic E-state index is 0.304. The van der Waals surface area contributed by atoms with Gasteiger partial charge >= 0.3 is 12.1 Å². The van der Waals surface area contributed by atoms with Crippen LogP contribution >= 0.6 is 0 Å². The van der Waals surface area contributed by atoms with Crippen molar-refractivity contribution in [1.82, 2.24) is 10.3 Å². The van der Waals surface area contributed by atoms with Crippen LogP contribution in [-0.2, 0) is 19.1 Å². The highest BCUT2D eigenvalue weighted by atomic mass is 19.4. The van der Waals surface area contributed by atoms with Gasteiger partial charge in [-0.15, -0.1) is 0 Å². The zero-order valence-electron chi connectivity index (χ0n) is 6.61. The van der Waals surface area contributed by atoms with Crippen molar-refractivity contribution in [1.29, 1.82) is 0 Å². The van der Waals surface area contributed by atoms with E-state index in [0.29, 0.717) is 31.0 Å². The number of rotatable bonds is 0. The van der Waals surface area contributed by atoms with Crippen LogP contribution in [0.15, 0.2) is 4.42 Å². The maximum atomic E-state index is 12.1. The first-order valence-corrected chi connectivity index (χ1v) is 3.84. The van der Waals surface area contributed by atoms with Crippen LogP contribution in [-0.4, -0.2) is 11.5 Å². The monoisotopic (exact) mass is 192 g/mol. The summed E-state index contributed by atoms with van der Waals surface area (Å²) in [4.78, 5) is 3.39. The van der Waals surface area contributed by atoms with E-state index in [4.69, 9.17) is 0 Å². The predicted molar refractivity (Wildman–Crippen MR) is 36.9 cm³/mol. The van der Waals surface area contributed by atoms with E-state index >= 15 is 0 Å². The number of fused-ring (bicyclic) bond motifs is 1. The summed E-state index contributed by atoms with van der Waals surface area (Å²) in [6, 6.07) is 0. The van der Waals surface area contributed by atoms with Gasteiger partial charge in [0.2, 0.25) is 0 Å². The van der Waals surface area contributed by atoms with Crippen LogP contribution < -0.4 is 5.32 Å². The van der Waals surface area contributed by atoms with Gasteiger partial charge in [0.05, 0.1) is 12.2 Å². The minimum atomic E-state index is -4.47. The molecule has 0 fully saturated rings. The molecule has 0 aliphatic carbocycles. The lowest BCUT2D eigenvalue weighted by Crippen LogP contribution is -2.22. The van der Waals surface area contributed by atoms with E-state index in [1.807, 2.05) is 0 Å². The number of aromatic nitrogens is 1. The molecule has 1 aliphatic rings. The van der Waals surface area contributed by atoms with Gasteiger partial charge in [-0.05, 0) is 0 Å². The van der Waals surface area contributed by atoms with Crippen molar-refractivity contribution in [3.63, 3.8) is 0 Å². The first-order valence-electron chi connectivity index (χ1n) is 3.84. The third-order valence-electron chi connectivity index (χ3n) is 1.84. The number of hydrogen-bond donors (Lipinski definition) is 1. The Morgan fingerprint density at radius 3 is 2.77 bits per heavy atom. The molecular formula is C7H7F3N2O. The average molecular weight is 192 g/mol. The topological polar surface area (TPSA) is 38.1 Å². The summed E-state index contributed by atoms with van der Waals surface area (Å²) in [5.41, 5.74) is 0.422. The van der Waals surface area contributed by atoms with Gasteiger partial charge in [0, 0.05) is 13.0 Å². The predicted octanol–water partition coefficient (Wildman–Crippen LogP) is 1.34. The summed E-state index contributed by atoms with van der Waals surface area (Å²) in [5.74, 6) is -0.834. The summed E-state index contributed by atoms with van der Waals surface area (Å²) >= 11 is 0. The Morgan fingerprint density at radius 1 is 1.38 bits per heavy atom. The van der Waals surface area contributed by atoms with Crippen molar-refractivity contribution in [2.75, 3.05) is 6.54 Å². The number of hydrogen-bond acceptors (Lipinski definition) is 3. The van der Waals surface area contributed by atoms with Crippen molar-refractivity contribution < 1.29 is 17.6 Å². The Kier molecular flexibility index (Phi) is 1.80. The molecule has 1 aromatic heterocycles. The second kappa shape index (κ2) is 2.73. The number of alkyl halides is 3. The quantitative estimate of drug-likeness (QED) is 0.674. The zero-order valence-corrected chi connectivity index (χ0v) is 6.61. The van der Waals surface area contributed by atoms with E-state index in [-0.39, 0.29) is 0 Å². The molecule has 0 atom stereocenters. The van der Waals surface area contributed by atoms with Crippen molar-refractivity contribution >= 4 is 0 Å². The average Bonchev–Trinajstić information content (AvgIpc) is 2.45. The molecule has 0 saturated heterocycles. The van der Waals surface area contributed by atoms with Gasteiger partial charge in [-0.3, -0.25) is 0 Å². The lowest BCUT2D eigenvalue weighted by Gasteiger charge is -2.08. The molecule has 2 rings (SSSR count). The van der Waals surface area contributed by atoms with Crippen LogP contribution in [0.3, 0.4) is 0 Å². The van der Waals surface area contributed by atoms with Crippen molar-refractivity contribution in [3.8, 4) is 0 Å². The van der Waals surface area contributed by atoms with Crippen LogP contribution in [0.4, 0.5) is 13.2 Å². The molecule has 0 aromatic carbocycles. The van der Waals surface area contributed by atoms with Crippen molar-refractivity contribution in [2.24, 2.45) is 0 Å². The Morgan fingerprint density at radius 2 is 2.15 bits per heavy atom. The molecular weight excluding hydrogens is 185 g/mol. The highest BCUT2D eigenvalue weighted by Crippen LogP contribution is 2.30. The van der Waals surface area contributed by atoms with Gasteiger partial charge < -0.3 is 9.73 Å². The minimum Gasteiger partial charge on any atom is -0.436 e. The Labute approximate surface area is 71.9 Å². The van der Waals surface area contributed by atoms with Crippen LogP contribution in [0.2, 0.25) is 0 Å². The lowest BCUT2D eigenvalue weighted by molar-refractivity contribution is -0.157. The van der Waals surface area contributed by atoms with E-state index < -0.39 is 12.1 Å². The molecule has 0 unspecified atom stereocenters. The highest BCUT2D eigenvalue weighted by Gasteiger charge is 2.38. The second-order valence-corrected chi connectivity index (χ2v) is 2.81. The maximum absolute atomic E-state index is 12.1. The van der Waals surface area contributed by atoms with E-state index in [1.165, 1.54) is 0 Å². The molecule has 72 valence electrons. The normalized spacial score (nSPS) is 17.2. The van der Waals surface area contributed by atoms with Crippen LogP contribution in [0.1, 0.15) is 17.3 Å². The highest BCUT2D eigenvalue weighted by molar-refractivity contribution is 5.14. The third kappa shape index (κ3) is 1.53. The van der Waals surface area contributed by atoms with Crippen LogP contribution in [0.25, 0.3) is 0 Å². The molecule has 0 saturated carbocycles. The molecule has 2 heterocycles. The first kappa shape index (κ1) is 8.55. The fourth-order valence-electron chi connectivity index (χ4n) is 1.25. The Balaban J connectivity index is 2.36. The molecule has 1 aliphatic heterocycles. The van der Waals surface area contributed by atoms with E-state index in [9.17, 15) is 13.2 Å². The van der Waals surface area contributed by atoms with Crippen molar-refractivity contribution in [2.45, 2.75) is 19.1 Å². The lowest BCUT2D eigenvalue weighted by atomic mass is 10.2. The molecule has 0 spiro atoms. The van der Waals surface area contributed by atoms with Gasteiger partial charge in [-0.2, -0.15) is 13.2 Å². The van der Waals surface area contributed by atoms with E-state index in [1.54, 1.807) is 0 Å². The van der Waals surface area contributed by atoms with E-state index in [2.05, 4.69) is 14.7 Å². The van der Waals surface area contributed by atoms with Gasteiger partial charge in [0.15, 0.2) is 0 Å².